The fraction of sp³-hybridized carbons (Fsp3) is 0.533. The van der Waals surface area contributed by atoms with Crippen LogP contribution in [0, 0.1) is 5.92 Å². The lowest BCUT2D eigenvalue weighted by atomic mass is 10.1. The van der Waals surface area contributed by atoms with Crippen LogP contribution in [0.1, 0.15) is 43.5 Å². The van der Waals surface area contributed by atoms with Crippen molar-refractivity contribution in [3.05, 3.63) is 29.8 Å². The van der Waals surface area contributed by atoms with Crippen LogP contribution in [0.4, 0.5) is 5.69 Å². The van der Waals surface area contributed by atoms with Crippen LogP contribution in [0.3, 0.4) is 0 Å². The molecule has 0 aliphatic heterocycles. The second-order valence-corrected chi connectivity index (χ2v) is 5.03. The Morgan fingerprint density at radius 2 is 2.28 bits per heavy atom. The molecule has 1 N–H and O–H groups in total. The van der Waals surface area contributed by atoms with Crippen LogP contribution in [0.2, 0.25) is 0 Å². The van der Waals surface area contributed by atoms with Gasteiger partial charge in [-0.2, -0.15) is 0 Å². The molecule has 1 saturated carbocycles. The van der Waals surface area contributed by atoms with Gasteiger partial charge in [-0.05, 0) is 44.4 Å². The Labute approximate surface area is 109 Å². The number of ether oxygens (including phenoxy) is 1. The van der Waals surface area contributed by atoms with E-state index >= 15 is 0 Å². The molecule has 1 unspecified atom stereocenters. The van der Waals surface area contributed by atoms with Crippen molar-refractivity contribution in [2.75, 3.05) is 11.9 Å². The molecule has 0 amide bonds. The highest BCUT2D eigenvalue weighted by Crippen LogP contribution is 2.34. The summed E-state index contributed by atoms with van der Waals surface area (Å²) in [6.07, 6.45) is 3.95. The van der Waals surface area contributed by atoms with E-state index in [1.807, 2.05) is 25.1 Å². The third kappa shape index (κ3) is 3.76. The van der Waals surface area contributed by atoms with Gasteiger partial charge in [0.15, 0.2) is 0 Å². The average Bonchev–Trinajstić information content (AvgIpc) is 3.13. The zero-order valence-electron chi connectivity index (χ0n) is 11.1. The molecule has 1 aliphatic rings. The van der Waals surface area contributed by atoms with Gasteiger partial charge in [-0.15, -0.1) is 0 Å². The van der Waals surface area contributed by atoms with Crippen LogP contribution in [-0.4, -0.2) is 18.6 Å². The molecule has 3 heteroatoms. The molecule has 1 atom stereocenters. The van der Waals surface area contributed by atoms with Crippen molar-refractivity contribution in [1.82, 2.24) is 0 Å². The second-order valence-electron chi connectivity index (χ2n) is 5.03. The summed E-state index contributed by atoms with van der Waals surface area (Å²) in [6.45, 7) is 4.42. The monoisotopic (exact) mass is 247 g/mol. The highest BCUT2D eigenvalue weighted by atomic mass is 16.5. The number of hydrogen-bond acceptors (Lipinski definition) is 3. The molecule has 1 aliphatic carbocycles. The van der Waals surface area contributed by atoms with Crippen LogP contribution in [0.5, 0.6) is 0 Å². The largest absolute Gasteiger partial charge is 0.462 e. The molecule has 18 heavy (non-hydrogen) atoms. The Kier molecular flexibility index (Phi) is 4.24. The van der Waals surface area contributed by atoms with E-state index < -0.39 is 0 Å². The first-order chi connectivity index (χ1) is 8.69. The molecule has 2 rings (SSSR count). The number of nitrogens with one attached hydrogen (secondary N) is 1. The average molecular weight is 247 g/mol. The summed E-state index contributed by atoms with van der Waals surface area (Å²) in [6, 6.07) is 7.98. The van der Waals surface area contributed by atoms with Gasteiger partial charge in [0.05, 0.1) is 12.2 Å². The van der Waals surface area contributed by atoms with E-state index in [0.29, 0.717) is 18.2 Å². The molecule has 0 bridgehead atoms. The van der Waals surface area contributed by atoms with Crippen molar-refractivity contribution in [1.29, 1.82) is 0 Å². The minimum atomic E-state index is -0.254. The zero-order valence-corrected chi connectivity index (χ0v) is 11.1. The van der Waals surface area contributed by atoms with Gasteiger partial charge in [0, 0.05) is 11.7 Å². The molecule has 1 fully saturated rings. The summed E-state index contributed by atoms with van der Waals surface area (Å²) < 4.78 is 5.00. The Morgan fingerprint density at radius 3 is 2.94 bits per heavy atom. The lowest BCUT2D eigenvalue weighted by molar-refractivity contribution is 0.0526. The van der Waals surface area contributed by atoms with Crippen molar-refractivity contribution >= 4 is 11.7 Å². The van der Waals surface area contributed by atoms with E-state index in [0.717, 1.165) is 11.6 Å². The van der Waals surface area contributed by atoms with Crippen molar-refractivity contribution < 1.29 is 9.53 Å². The van der Waals surface area contributed by atoms with Crippen molar-refractivity contribution in [2.45, 2.75) is 39.2 Å². The number of esters is 1. The quantitative estimate of drug-likeness (QED) is 0.782. The zero-order chi connectivity index (χ0) is 13.0. The number of hydrogen-bond donors (Lipinski definition) is 1. The molecular weight excluding hydrogens is 226 g/mol. The Bertz CT molecular complexity index is 413. The fourth-order valence-corrected chi connectivity index (χ4v) is 2.15. The molecule has 0 saturated heterocycles. The minimum Gasteiger partial charge on any atom is -0.462 e. The molecule has 1 aromatic rings. The fourth-order valence-electron chi connectivity index (χ4n) is 2.15. The molecule has 0 radical (unpaired) electrons. The smallest absolute Gasteiger partial charge is 0.338 e. The predicted molar refractivity (Wildman–Crippen MR) is 72.8 cm³/mol. The van der Waals surface area contributed by atoms with Gasteiger partial charge < -0.3 is 10.1 Å². The number of rotatable bonds is 6. The molecule has 0 spiro atoms. The van der Waals surface area contributed by atoms with E-state index in [1.54, 1.807) is 6.07 Å². The number of carbonyl (C=O) groups excluding carboxylic acids is 1. The van der Waals surface area contributed by atoms with Crippen LogP contribution in [-0.2, 0) is 4.74 Å². The predicted octanol–water partition coefficient (Wildman–Crippen LogP) is 3.46. The third-order valence-corrected chi connectivity index (χ3v) is 3.17. The number of benzene rings is 1. The van der Waals surface area contributed by atoms with E-state index in [2.05, 4.69) is 12.2 Å². The van der Waals surface area contributed by atoms with E-state index in [4.69, 9.17) is 4.74 Å². The first-order valence-corrected chi connectivity index (χ1v) is 6.72. The van der Waals surface area contributed by atoms with Crippen LogP contribution >= 0.6 is 0 Å². The van der Waals surface area contributed by atoms with Gasteiger partial charge in [0.1, 0.15) is 0 Å². The SMILES string of the molecule is CCOC(=O)c1cccc(NC(C)CC2CC2)c1. The number of anilines is 1. The maximum Gasteiger partial charge on any atom is 0.338 e. The van der Waals surface area contributed by atoms with Gasteiger partial charge in [-0.25, -0.2) is 4.79 Å². The maximum atomic E-state index is 11.6. The summed E-state index contributed by atoms with van der Waals surface area (Å²) in [4.78, 5) is 11.6. The first kappa shape index (κ1) is 12.9. The Morgan fingerprint density at radius 1 is 1.50 bits per heavy atom. The van der Waals surface area contributed by atoms with E-state index in [-0.39, 0.29) is 5.97 Å². The standard InChI is InChI=1S/C15H21NO2/c1-3-18-15(17)13-5-4-6-14(10-13)16-11(2)9-12-7-8-12/h4-6,10-12,16H,3,7-9H2,1-2H3. The normalized spacial score (nSPS) is 16.1. The minimum absolute atomic E-state index is 0.254. The molecule has 0 aromatic heterocycles. The van der Waals surface area contributed by atoms with Crippen LogP contribution < -0.4 is 5.32 Å². The highest BCUT2D eigenvalue weighted by Gasteiger charge is 2.23. The van der Waals surface area contributed by atoms with E-state index in [9.17, 15) is 4.79 Å². The molecular formula is C15H21NO2. The van der Waals surface area contributed by atoms with Gasteiger partial charge in [0.25, 0.3) is 0 Å². The van der Waals surface area contributed by atoms with Crippen LogP contribution in [0.25, 0.3) is 0 Å². The number of carbonyl (C=O) groups is 1. The van der Waals surface area contributed by atoms with Gasteiger partial charge >= 0.3 is 5.97 Å². The van der Waals surface area contributed by atoms with Gasteiger partial charge in [-0.3, -0.25) is 0 Å². The Balaban J connectivity index is 1.95. The summed E-state index contributed by atoms with van der Waals surface area (Å²) in [7, 11) is 0. The summed E-state index contributed by atoms with van der Waals surface area (Å²) in [5, 5.41) is 3.44. The van der Waals surface area contributed by atoms with Gasteiger partial charge in [-0.1, -0.05) is 18.9 Å². The van der Waals surface area contributed by atoms with Crippen molar-refractivity contribution in [2.24, 2.45) is 5.92 Å². The highest BCUT2D eigenvalue weighted by molar-refractivity contribution is 5.90. The molecule has 1 aromatic carbocycles. The lowest BCUT2D eigenvalue weighted by Gasteiger charge is -2.15. The van der Waals surface area contributed by atoms with E-state index in [1.165, 1.54) is 19.3 Å². The second kappa shape index (κ2) is 5.89. The Hall–Kier alpha value is -1.51. The maximum absolute atomic E-state index is 11.6. The lowest BCUT2D eigenvalue weighted by Crippen LogP contribution is -2.16. The molecule has 98 valence electrons. The molecule has 3 nitrogen and oxygen atoms in total. The van der Waals surface area contributed by atoms with Crippen molar-refractivity contribution in [3.8, 4) is 0 Å². The van der Waals surface area contributed by atoms with Crippen LogP contribution in [0.15, 0.2) is 24.3 Å². The van der Waals surface area contributed by atoms with Crippen molar-refractivity contribution in [3.63, 3.8) is 0 Å². The summed E-state index contributed by atoms with van der Waals surface area (Å²) >= 11 is 0. The topological polar surface area (TPSA) is 38.3 Å². The molecule has 0 heterocycles. The summed E-state index contributed by atoms with van der Waals surface area (Å²) in [5.74, 6) is 0.650. The summed E-state index contributed by atoms with van der Waals surface area (Å²) in [5.41, 5.74) is 1.61. The first-order valence-electron chi connectivity index (χ1n) is 6.72. The van der Waals surface area contributed by atoms with Gasteiger partial charge in [0.2, 0.25) is 0 Å². The third-order valence-electron chi connectivity index (χ3n) is 3.17.